The number of aryl methyl sites for hydroxylation is 1. The van der Waals surface area contributed by atoms with Crippen molar-refractivity contribution < 1.29 is 14.7 Å². The zero-order chi connectivity index (χ0) is 13.0. The van der Waals surface area contributed by atoms with Gasteiger partial charge in [0.1, 0.15) is 0 Å². The number of carbonyl (C=O) groups is 2. The first-order chi connectivity index (χ1) is 7.95. The number of aromatic carboxylic acids is 1. The van der Waals surface area contributed by atoms with Crippen molar-refractivity contribution in [2.24, 2.45) is 5.92 Å². The number of anilines is 1. The standard InChI is InChI=1S/C13H17NO3/c1-4-8(2)12(15)14-10-5-6-11(13(16)17)9(3)7-10/h5-8H,4H2,1-3H3,(H,14,15)(H,16,17). The van der Waals surface area contributed by atoms with Gasteiger partial charge in [-0.25, -0.2) is 4.79 Å². The summed E-state index contributed by atoms with van der Waals surface area (Å²) in [6, 6.07) is 4.78. The lowest BCUT2D eigenvalue weighted by Crippen LogP contribution is -2.19. The van der Waals surface area contributed by atoms with Crippen LogP contribution in [0.5, 0.6) is 0 Å². The van der Waals surface area contributed by atoms with E-state index in [4.69, 9.17) is 5.11 Å². The van der Waals surface area contributed by atoms with Gasteiger partial charge in [-0.3, -0.25) is 4.79 Å². The minimum Gasteiger partial charge on any atom is -0.478 e. The van der Waals surface area contributed by atoms with Crippen LogP contribution in [0.2, 0.25) is 0 Å². The van der Waals surface area contributed by atoms with E-state index >= 15 is 0 Å². The predicted molar refractivity (Wildman–Crippen MR) is 66.2 cm³/mol. The van der Waals surface area contributed by atoms with Gasteiger partial charge in [-0.2, -0.15) is 0 Å². The van der Waals surface area contributed by atoms with E-state index in [9.17, 15) is 9.59 Å². The number of carbonyl (C=O) groups excluding carboxylic acids is 1. The number of carboxylic acid groups (broad SMARTS) is 1. The molecule has 0 saturated heterocycles. The first kappa shape index (κ1) is 13.2. The molecule has 0 aliphatic rings. The average Bonchev–Trinajstić information content (AvgIpc) is 2.27. The van der Waals surface area contributed by atoms with Gasteiger partial charge in [0, 0.05) is 11.6 Å². The van der Waals surface area contributed by atoms with E-state index in [2.05, 4.69) is 5.32 Å². The van der Waals surface area contributed by atoms with Crippen LogP contribution in [0.3, 0.4) is 0 Å². The second-order valence-electron chi connectivity index (χ2n) is 4.13. The number of amides is 1. The zero-order valence-electron chi connectivity index (χ0n) is 10.3. The topological polar surface area (TPSA) is 66.4 Å². The highest BCUT2D eigenvalue weighted by atomic mass is 16.4. The van der Waals surface area contributed by atoms with Gasteiger partial charge in [-0.05, 0) is 37.1 Å². The van der Waals surface area contributed by atoms with Crippen LogP contribution in [0.4, 0.5) is 5.69 Å². The molecule has 0 aliphatic carbocycles. The second kappa shape index (κ2) is 5.48. The van der Waals surface area contributed by atoms with Crippen LogP contribution in [0.25, 0.3) is 0 Å². The molecule has 0 fully saturated rings. The summed E-state index contributed by atoms with van der Waals surface area (Å²) in [5.74, 6) is -1.05. The monoisotopic (exact) mass is 235 g/mol. The molecular formula is C13H17NO3. The summed E-state index contributed by atoms with van der Waals surface area (Å²) in [4.78, 5) is 22.5. The van der Waals surface area contributed by atoms with Gasteiger partial charge in [0.25, 0.3) is 0 Å². The lowest BCUT2D eigenvalue weighted by atomic mass is 10.1. The molecule has 4 nitrogen and oxygen atoms in total. The van der Waals surface area contributed by atoms with E-state index in [0.29, 0.717) is 11.3 Å². The molecule has 1 atom stereocenters. The van der Waals surface area contributed by atoms with Gasteiger partial charge in [-0.15, -0.1) is 0 Å². The first-order valence-corrected chi connectivity index (χ1v) is 5.60. The minimum atomic E-state index is -0.956. The Morgan fingerprint density at radius 2 is 2.06 bits per heavy atom. The van der Waals surface area contributed by atoms with Crippen LogP contribution in [0, 0.1) is 12.8 Å². The van der Waals surface area contributed by atoms with Gasteiger partial charge in [0.15, 0.2) is 0 Å². The molecule has 1 rings (SSSR count). The van der Waals surface area contributed by atoms with Gasteiger partial charge in [-0.1, -0.05) is 13.8 Å². The van der Waals surface area contributed by atoms with E-state index in [1.807, 2.05) is 13.8 Å². The van der Waals surface area contributed by atoms with E-state index < -0.39 is 5.97 Å². The van der Waals surface area contributed by atoms with E-state index in [1.54, 1.807) is 19.1 Å². The number of hydrogen-bond acceptors (Lipinski definition) is 2. The Bertz CT molecular complexity index is 440. The highest BCUT2D eigenvalue weighted by Gasteiger charge is 2.12. The second-order valence-corrected chi connectivity index (χ2v) is 4.13. The number of hydrogen-bond donors (Lipinski definition) is 2. The fourth-order valence-corrected chi connectivity index (χ4v) is 1.43. The van der Waals surface area contributed by atoms with Gasteiger partial charge in [0.05, 0.1) is 5.56 Å². The molecule has 1 aromatic carbocycles. The smallest absolute Gasteiger partial charge is 0.335 e. The van der Waals surface area contributed by atoms with Crippen molar-refractivity contribution in [3.63, 3.8) is 0 Å². The third-order valence-corrected chi connectivity index (χ3v) is 2.78. The Labute approximate surface area is 101 Å². The Morgan fingerprint density at radius 1 is 1.41 bits per heavy atom. The Morgan fingerprint density at radius 3 is 2.53 bits per heavy atom. The number of nitrogens with one attached hydrogen (secondary N) is 1. The minimum absolute atomic E-state index is 0.0463. The molecular weight excluding hydrogens is 218 g/mol. The lowest BCUT2D eigenvalue weighted by molar-refractivity contribution is -0.119. The molecule has 2 N–H and O–H groups in total. The van der Waals surface area contributed by atoms with E-state index in [1.165, 1.54) is 6.07 Å². The molecule has 0 heterocycles. The molecule has 92 valence electrons. The van der Waals surface area contributed by atoms with E-state index in [-0.39, 0.29) is 17.4 Å². The Balaban J connectivity index is 2.84. The molecule has 0 spiro atoms. The maximum atomic E-state index is 11.6. The highest BCUT2D eigenvalue weighted by molar-refractivity contribution is 5.94. The summed E-state index contributed by atoms with van der Waals surface area (Å²) in [5, 5.41) is 11.6. The number of rotatable bonds is 4. The van der Waals surface area contributed by atoms with Crippen molar-refractivity contribution in [2.45, 2.75) is 27.2 Å². The largest absolute Gasteiger partial charge is 0.478 e. The van der Waals surface area contributed by atoms with Gasteiger partial charge in [0.2, 0.25) is 5.91 Å². The van der Waals surface area contributed by atoms with Crippen LogP contribution < -0.4 is 5.32 Å². The average molecular weight is 235 g/mol. The molecule has 1 unspecified atom stereocenters. The number of benzene rings is 1. The zero-order valence-corrected chi connectivity index (χ0v) is 10.3. The molecule has 1 aromatic rings. The highest BCUT2D eigenvalue weighted by Crippen LogP contribution is 2.16. The molecule has 0 aromatic heterocycles. The molecule has 0 saturated carbocycles. The van der Waals surface area contributed by atoms with Crippen molar-refractivity contribution in [2.75, 3.05) is 5.32 Å². The van der Waals surface area contributed by atoms with Crippen LogP contribution >= 0.6 is 0 Å². The summed E-state index contributed by atoms with van der Waals surface area (Å²) in [5.41, 5.74) is 1.53. The summed E-state index contributed by atoms with van der Waals surface area (Å²) in [6.45, 7) is 5.51. The van der Waals surface area contributed by atoms with Crippen molar-refractivity contribution in [1.82, 2.24) is 0 Å². The predicted octanol–water partition coefficient (Wildman–Crippen LogP) is 2.68. The van der Waals surface area contributed by atoms with Crippen molar-refractivity contribution in [3.8, 4) is 0 Å². The third-order valence-electron chi connectivity index (χ3n) is 2.78. The maximum Gasteiger partial charge on any atom is 0.335 e. The lowest BCUT2D eigenvalue weighted by Gasteiger charge is -2.11. The fourth-order valence-electron chi connectivity index (χ4n) is 1.43. The van der Waals surface area contributed by atoms with Crippen molar-refractivity contribution in [1.29, 1.82) is 0 Å². The van der Waals surface area contributed by atoms with Crippen LogP contribution in [-0.4, -0.2) is 17.0 Å². The SMILES string of the molecule is CCC(C)C(=O)Nc1ccc(C(=O)O)c(C)c1. The third kappa shape index (κ3) is 3.31. The van der Waals surface area contributed by atoms with Crippen LogP contribution in [0.1, 0.15) is 36.2 Å². The molecule has 1 amide bonds. The molecule has 0 radical (unpaired) electrons. The first-order valence-electron chi connectivity index (χ1n) is 5.60. The van der Waals surface area contributed by atoms with Crippen LogP contribution in [-0.2, 0) is 4.79 Å². The maximum absolute atomic E-state index is 11.6. The summed E-state index contributed by atoms with van der Waals surface area (Å²) < 4.78 is 0. The summed E-state index contributed by atoms with van der Waals surface area (Å²) in [7, 11) is 0. The van der Waals surface area contributed by atoms with Crippen molar-refractivity contribution in [3.05, 3.63) is 29.3 Å². The normalized spacial score (nSPS) is 11.9. The molecule has 4 heteroatoms. The quantitative estimate of drug-likeness (QED) is 0.843. The molecule has 0 aliphatic heterocycles. The van der Waals surface area contributed by atoms with Gasteiger partial charge < -0.3 is 10.4 Å². The molecule has 0 bridgehead atoms. The number of carboxylic acids is 1. The Hall–Kier alpha value is -1.84. The van der Waals surface area contributed by atoms with Crippen LogP contribution in [0.15, 0.2) is 18.2 Å². The molecule has 17 heavy (non-hydrogen) atoms. The fraction of sp³-hybridized carbons (Fsp3) is 0.385. The van der Waals surface area contributed by atoms with E-state index in [0.717, 1.165) is 6.42 Å². The summed E-state index contributed by atoms with van der Waals surface area (Å²) >= 11 is 0. The summed E-state index contributed by atoms with van der Waals surface area (Å²) in [6.07, 6.45) is 0.776. The Kier molecular flexibility index (Phi) is 4.26. The van der Waals surface area contributed by atoms with Crippen molar-refractivity contribution >= 4 is 17.6 Å². The van der Waals surface area contributed by atoms with Gasteiger partial charge >= 0.3 is 5.97 Å².